The number of nitrogens with zero attached hydrogens (tertiary/aromatic N) is 1. The van der Waals surface area contributed by atoms with E-state index in [1.807, 2.05) is 6.92 Å². The van der Waals surface area contributed by atoms with E-state index in [1.165, 1.54) is 0 Å². The molecule has 0 aliphatic carbocycles. The molecule has 1 aliphatic rings. The van der Waals surface area contributed by atoms with E-state index in [9.17, 15) is 9.59 Å². The average molecular weight is 285 g/mol. The average Bonchev–Trinajstić information content (AvgIpc) is 2.39. The Morgan fingerprint density at radius 1 is 1.30 bits per heavy atom. The van der Waals surface area contributed by atoms with E-state index in [0.717, 1.165) is 38.8 Å². The molecule has 1 fully saturated rings. The molecule has 0 spiro atoms. The van der Waals surface area contributed by atoms with E-state index in [1.54, 1.807) is 11.8 Å². The Kier molecular flexibility index (Phi) is 6.78. The molecule has 0 bridgehead atoms. The molecule has 0 aromatic rings. The highest BCUT2D eigenvalue weighted by Crippen LogP contribution is 2.11. The molecule has 1 rings (SSSR count). The summed E-state index contributed by atoms with van der Waals surface area (Å²) in [6.45, 7) is 5.10. The van der Waals surface area contributed by atoms with Crippen molar-refractivity contribution in [3.8, 4) is 0 Å². The van der Waals surface area contributed by atoms with Crippen LogP contribution in [0, 0.1) is 5.92 Å². The van der Waals surface area contributed by atoms with Gasteiger partial charge in [-0.2, -0.15) is 0 Å². The van der Waals surface area contributed by atoms with Crippen molar-refractivity contribution in [2.24, 2.45) is 11.7 Å². The first-order valence-electron chi connectivity index (χ1n) is 7.44. The van der Waals surface area contributed by atoms with Crippen LogP contribution in [-0.4, -0.2) is 47.2 Å². The Bertz CT molecular complexity index is 328. The number of carbonyl (C=O) groups excluding carboxylic acids is 1. The maximum Gasteiger partial charge on any atom is 0.317 e. The van der Waals surface area contributed by atoms with Gasteiger partial charge in [-0.15, -0.1) is 0 Å². The summed E-state index contributed by atoms with van der Waals surface area (Å²) in [5.41, 5.74) is 5.81. The normalized spacial score (nSPS) is 19.4. The number of likely N-dealkylation sites (tertiary alicyclic amines) is 1. The molecule has 0 saturated carbocycles. The number of piperidine rings is 1. The van der Waals surface area contributed by atoms with Crippen LogP contribution < -0.4 is 11.1 Å². The van der Waals surface area contributed by atoms with Gasteiger partial charge in [-0.1, -0.05) is 13.3 Å². The number of rotatable bonds is 6. The summed E-state index contributed by atoms with van der Waals surface area (Å²) in [7, 11) is 0. The predicted molar refractivity (Wildman–Crippen MR) is 77.4 cm³/mol. The van der Waals surface area contributed by atoms with Crippen LogP contribution in [0.15, 0.2) is 0 Å². The molecule has 0 aromatic carbocycles. The Morgan fingerprint density at radius 2 is 1.90 bits per heavy atom. The summed E-state index contributed by atoms with van der Waals surface area (Å²) in [6, 6.07) is 0.253. The van der Waals surface area contributed by atoms with Crippen LogP contribution in [0.3, 0.4) is 0 Å². The van der Waals surface area contributed by atoms with Crippen LogP contribution in [0.2, 0.25) is 0 Å². The molecule has 1 saturated heterocycles. The van der Waals surface area contributed by atoms with Gasteiger partial charge < -0.3 is 21.1 Å². The molecule has 6 nitrogen and oxygen atoms in total. The molecule has 6 heteroatoms. The number of nitrogens with one attached hydrogen (secondary N) is 1. The maximum atomic E-state index is 12.0. The number of urea groups is 1. The van der Waals surface area contributed by atoms with Gasteiger partial charge in [-0.05, 0) is 32.6 Å². The molecular formula is C14H27N3O3. The first-order valence-corrected chi connectivity index (χ1v) is 7.44. The first-order chi connectivity index (χ1) is 9.40. The van der Waals surface area contributed by atoms with Gasteiger partial charge in [0, 0.05) is 25.2 Å². The number of aliphatic carboxylic acids is 1. The molecule has 0 aromatic heterocycles. The molecular weight excluding hydrogens is 258 g/mol. The molecule has 1 heterocycles. The lowest BCUT2D eigenvalue weighted by molar-refractivity contribution is -0.141. The maximum absolute atomic E-state index is 12.0. The lowest BCUT2D eigenvalue weighted by atomic mass is 10.0. The number of carboxylic acid groups (broad SMARTS) is 1. The topological polar surface area (TPSA) is 95.7 Å². The molecule has 0 radical (unpaired) electrons. The van der Waals surface area contributed by atoms with E-state index in [2.05, 4.69) is 5.32 Å². The van der Waals surface area contributed by atoms with E-state index in [4.69, 9.17) is 10.8 Å². The number of amides is 2. The second kappa shape index (κ2) is 8.09. The lowest BCUT2D eigenvalue weighted by Gasteiger charge is -2.31. The van der Waals surface area contributed by atoms with Crippen molar-refractivity contribution >= 4 is 12.0 Å². The summed E-state index contributed by atoms with van der Waals surface area (Å²) in [5.74, 6) is -1.08. The van der Waals surface area contributed by atoms with Crippen molar-refractivity contribution in [1.29, 1.82) is 0 Å². The Hall–Kier alpha value is -1.30. The number of hydrogen-bond donors (Lipinski definition) is 3. The lowest BCUT2D eigenvalue weighted by Crippen LogP contribution is -2.49. The van der Waals surface area contributed by atoms with Crippen molar-refractivity contribution < 1.29 is 14.7 Å². The third kappa shape index (κ3) is 5.77. The molecule has 1 aliphatic heterocycles. The van der Waals surface area contributed by atoms with Gasteiger partial charge in [0.2, 0.25) is 0 Å². The highest BCUT2D eigenvalue weighted by atomic mass is 16.4. The molecule has 2 atom stereocenters. The van der Waals surface area contributed by atoms with Crippen molar-refractivity contribution in [1.82, 2.24) is 10.2 Å². The minimum Gasteiger partial charge on any atom is -0.481 e. The Morgan fingerprint density at radius 3 is 2.45 bits per heavy atom. The quantitative estimate of drug-likeness (QED) is 0.687. The van der Waals surface area contributed by atoms with Gasteiger partial charge in [-0.3, -0.25) is 4.79 Å². The van der Waals surface area contributed by atoms with E-state index in [0.29, 0.717) is 6.42 Å². The molecule has 2 unspecified atom stereocenters. The number of carboxylic acids is 1. The van der Waals surface area contributed by atoms with Crippen LogP contribution in [0.5, 0.6) is 0 Å². The van der Waals surface area contributed by atoms with E-state index < -0.39 is 5.97 Å². The molecule has 2 amide bonds. The summed E-state index contributed by atoms with van der Waals surface area (Å²) < 4.78 is 0. The number of hydrogen-bond acceptors (Lipinski definition) is 3. The number of carbonyl (C=O) groups is 2. The standard InChI is InChI=1S/C14H27N3O3/c1-10(13(18)19)4-3-5-11(2)16-14(20)17-8-6-12(15)7-9-17/h10-12H,3-9,15H2,1-2H3,(H,16,20)(H,18,19). The van der Waals surface area contributed by atoms with Gasteiger partial charge in [-0.25, -0.2) is 4.79 Å². The monoisotopic (exact) mass is 285 g/mol. The van der Waals surface area contributed by atoms with Gasteiger partial charge in [0.1, 0.15) is 0 Å². The largest absolute Gasteiger partial charge is 0.481 e. The van der Waals surface area contributed by atoms with Crippen molar-refractivity contribution in [3.63, 3.8) is 0 Å². The first kappa shape index (κ1) is 16.8. The van der Waals surface area contributed by atoms with Crippen LogP contribution in [-0.2, 0) is 4.79 Å². The summed E-state index contributed by atoms with van der Waals surface area (Å²) in [4.78, 5) is 24.5. The summed E-state index contributed by atoms with van der Waals surface area (Å²) in [5, 5.41) is 11.8. The molecule has 116 valence electrons. The van der Waals surface area contributed by atoms with Crippen LogP contribution in [0.1, 0.15) is 46.0 Å². The van der Waals surface area contributed by atoms with Crippen molar-refractivity contribution in [2.75, 3.05) is 13.1 Å². The van der Waals surface area contributed by atoms with Crippen molar-refractivity contribution in [3.05, 3.63) is 0 Å². The highest BCUT2D eigenvalue weighted by Gasteiger charge is 2.21. The number of nitrogens with two attached hydrogens (primary N) is 1. The SMILES string of the molecule is CC(CCCC(C)C(=O)O)NC(=O)N1CCC(N)CC1. The summed E-state index contributed by atoms with van der Waals surface area (Å²) in [6.07, 6.45) is 3.97. The van der Waals surface area contributed by atoms with Crippen LogP contribution in [0.4, 0.5) is 4.79 Å². The fraction of sp³-hybridized carbons (Fsp3) is 0.857. The fourth-order valence-electron chi connectivity index (χ4n) is 2.33. The Labute approximate surface area is 120 Å². The molecule has 4 N–H and O–H groups in total. The van der Waals surface area contributed by atoms with Crippen LogP contribution in [0.25, 0.3) is 0 Å². The van der Waals surface area contributed by atoms with Gasteiger partial charge in [0.05, 0.1) is 5.92 Å². The predicted octanol–water partition coefficient (Wildman–Crippen LogP) is 1.40. The Balaban J connectivity index is 2.19. The van der Waals surface area contributed by atoms with Gasteiger partial charge >= 0.3 is 12.0 Å². The zero-order chi connectivity index (χ0) is 15.1. The zero-order valence-electron chi connectivity index (χ0n) is 12.5. The van der Waals surface area contributed by atoms with Gasteiger partial charge in [0.15, 0.2) is 0 Å². The third-order valence-corrected chi connectivity index (χ3v) is 3.89. The molecule has 20 heavy (non-hydrogen) atoms. The second-order valence-corrected chi connectivity index (χ2v) is 5.85. The highest BCUT2D eigenvalue weighted by molar-refractivity contribution is 5.74. The third-order valence-electron chi connectivity index (χ3n) is 3.89. The van der Waals surface area contributed by atoms with Crippen LogP contribution >= 0.6 is 0 Å². The van der Waals surface area contributed by atoms with E-state index in [-0.39, 0.29) is 24.0 Å². The smallest absolute Gasteiger partial charge is 0.317 e. The van der Waals surface area contributed by atoms with Gasteiger partial charge in [0.25, 0.3) is 0 Å². The summed E-state index contributed by atoms with van der Waals surface area (Å²) >= 11 is 0. The minimum atomic E-state index is -0.758. The zero-order valence-corrected chi connectivity index (χ0v) is 12.5. The van der Waals surface area contributed by atoms with E-state index >= 15 is 0 Å². The fourth-order valence-corrected chi connectivity index (χ4v) is 2.33. The minimum absolute atomic E-state index is 0.0318. The van der Waals surface area contributed by atoms with Crippen molar-refractivity contribution in [2.45, 2.75) is 58.0 Å². The second-order valence-electron chi connectivity index (χ2n) is 5.85.